The molecule has 0 bridgehead atoms. The molecule has 0 radical (unpaired) electrons. The molecule has 0 N–H and O–H groups in total. The number of carbonyl (C=O) groups excluding carboxylic acids is 2. The Hall–Kier alpha value is -2.62. The van der Waals surface area contributed by atoms with Crippen molar-refractivity contribution in [3.63, 3.8) is 0 Å². The minimum atomic E-state index is -0.475. The number of ether oxygens (including phenoxy) is 1. The maximum Gasteiger partial charge on any atom is 0.253 e. The number of benzene rings is 2. The van der Waals surface area contributed by atoms with Gasteiger partial charge in [-0.25, -0.2) is 0 Å². The maximum atomic E-state index is 12.9. The quantitative estimate of drug-likeness (QED) is 0.758. The third-order valence-electron chi connectivity index (χ3n) is 6.03. The number of amides is 1. The van der Waals surface area contributed by atoms with E-state index in [1.165, 1.54) is 5.56 Å². The lowest BCUT2D eigenvalue weighted by atomic mass is 9.82. The van der Waals surface area contributed by atoms with E-state index in [2.05, 4.69) is 13.8 Å². The van der Waals surface area contributed by atoms with Crippen LogP contribution < -0.4 is 4.74 Å². The average molecular weight is 377 g/mol. The summed E-state index contributed by atoms with van der Waals surface area (Å²) < 4.78 is 6.30. The minimum absolute atomic E-state index is 0.0586. The smallest absolute Gasteiger partial charge is 0.253 e. The van der Waals surface area contributed by atoms with E-state index in [0.717, 1.165) is 11.1 Å². The minimum Gasteiger partial charge on any atom is -0.486 e. The fourth-order valence-corrected chi connectivity index (χ4v) is 4.20. The first-order valence-corrected chi connectivity index (χ1v) is 10.1. The molecule has 2 aliphatic heterocycles. The van der Waals surface area contributed by atoms with Crippen LogP contribution in [0, 0.1) is 6.92 Å². The molecule has 1 fully saturated rings. The van der Waals surface area contributed by atoms with Crippen LogP contribution in [0.4, 0.5) is 0 Å². The van der Waals surface area contributed by atoms with Crippen molar-refractivity contribution in [2.75, 3.05) is 13.1 Å². The number of hydrogen-bond donors (Lipinski definition) is 0. The number of hydrogen-bond acceptors (Lipinski definition) is 3. The van der Waals surface area contributed by atoms with Gasteiger partial charge in [-0.15, -0.1) is 0 Å². The second-order valence-electron chi connectivity index (χ2n) is 8.45. The van der Waals surface area contributed by atoms with Crippen LogP contribution in [0.3, 0.4) is 0 Å². The van der Waals surface area contributed by atoms with E-state index in [9.17, 15) is 9.59 Å². The molecule has 146 valence electrons. The first-order valence-electron chi connectivity index (χ1n) is 10.1. The number of likely N-dealkylation sites (tertiary alicyclic amines) is 1. The Morgan fingerprint density at radius 3 is 2.39 bits per heavy atom. The molecule has 4 rings (SSSR count). The lowest BCUT2D eigenvalue weighted by molar-refractivity contribution is -0.00572. The van der Waals surface area contributed by atoms with Gasteiger partial charge in [0.2, 0.25) is 0 Å². The molecule has 0 aliphatic carbocycles. The molecule has 2 aromatic carbocycles. The van der Waals surface area contributed by atoms with Gasteiger partial charge in [-0.1, -0.05) is 37.6 Å². The number of rotatable bonds is 2. The number of aryl methyl sites for hydroxylation is 1. The molecule has 4 heteroatoms. The normalized spacial score (nSPS) is 18.1. The summed E-state index contributed by atoms with van der Waals surface area (Å²) in [7, 11) is 0. The van der Waals surface area contributed by atoms with Crippen LogP contribution in [0.2, 0.25) is 0 Å². The molecule has 1 spiro atoms. The van der Waals surface area contributed by atoms with E-state index in [-0.39, 0.29) is 11.7 Å². The lowest BCUT2D eigenvalue weighted by Gasteiger charge is -2.44. The van der Waals surface area contributed by atoms with Gasteiger partial charge in [-0.05, 0) is 42.7 Å². The Morgan fingerprint density at radius 2 is 1.75 bits per heavy atom. The summed E-state index contributed by atoms with van der Waals surface area (Å²) in [5.74, 6) is 1.34. The summed E-state index contributed by atoms with van der Waals surface area (Å²) in [5, 5.41) is 0. The fourth-order valence-electron chi connectivity index (χ4n) is 4.20. The monoisotopic (exact) mass is 377 g/mol. The topological polar surface area (TPSA) is 46.6 Å². The van der Waals surface area contributed by atoms with E-state index in [1.54, 1.807) is 0 Å². The summed E-state index contributed by atoms with van der Waals surface area (Å²) >= 11 is 0. The van der Waals surface area contributed by atoms with Gasteiger partial charge in [-0.2, -0.15) is 0 Å². The molecule has 2 heterocycles. The summed E-state index contributed by atoms with van der Waals surface area (Å²) in [6.45, 7) is 7.49. The van der Waals surface area contributed by atoms with Crippen LogP contribution in [0.5, 0.6) is 5.75 Å². The molecule has 0 unspecified atom stereocenters. The van der Waals surface area contributed by atoms with E-state index < -0.39 is 5.60 Å². The highest BCUT2D eigenvalue weighted by atomic mass is 16.5. The number of Topliss-reactive ketones (excluding diaryl/α,β-unsaturated/α-hetero) is 1. The Labute approximate surface area is 166 Å². The highest BCUT2D eigenvalue weighted by molar-refractivity contribution is 6.00. The Morgan fingerprint density at radius 1 is 1.07 bits per heavy atom. The van der Waals surface area contributed by atoms with Crippen molar-refractivity contribution < 1.29 is 14.3 Å². The predicted octanol–water partition coefficient (Wildman–Crippen LogP) is 4.76. The predicted molar refractivity (Wildman–Crippen MR) is 109 cm³/mol. The third-order valence-corrected chi connectivity index (χ3v) is 6.03. The van der Waals surface area contributed by atoms with Gasteiger partial charge in [0.15, 0.2) is 5.78 Å². The Kier molecular flexibility index (Phi) is 4.74. The van der Waals surface area contributed by atoms with Crippen LogP contribution >= 0.6 is 0 Å². The Bertz CT molecular complexity index is 906. The van der Waals surface area contributed by atoms with Gasteiger partial charge in [-0.3, -0.25) is 9.59 Å². The second kappa shape index (κ2) is 7.08. The summed E-state index contributed by atoms with van der Waals surface area (Å²) in [6.07, 6.45) is 1.76. The standard InChI is InChI=1S/C24H27NO3/c1-16(2)18-5-7-19(8-6-18)23(27)25-12-10-24(11-13-25)15-21(26)20-14-17(3)4-9-22(20)28-24/h4-9,14,16H,10-13,15H2,1-3H3. The van der Waals surface area contributed by atoms with E-state index in [4.69, 9.17) is 4.74 Å². The van der Waals surface area contributed by atoms with Crippen LogP contribution in [-0.4, -0.2) is 35.3 Å². The van der Waals surface area contributed by atoms with Crippen LogP contribution in [0.1, 0.15) is 70.9 Å². The van der Waals surface area contributed by atoms with Gasteiger partial charge in [0.1, 0.15) is 11.4 Å². The zero-order valence-corrected chi connectivity index (χ0v) is 16.8. The Balaban J connectivity index is 1.45. The molecule has 0 aromatic heterocycles. The zero-order chi connectivity index (χ0) is 19.9. The SMILES string of the molecule is Cc1ccc2c(c1)C(=O)CC1(CCN(C(=O)c3ccc(C(C)C)cc3)CC1)O2. The number of piperidine rings is 1. The van der Waals surface area contributed by atoms with Gasteiger partial charge in [0.25, 0.3) is 5.91 Å². The molecule has 2 aliphatic rings. The van der Waals surface area contributed by atoms with Crippen molar-refractivity contribution >= 4 is 11.7 Å². The number of nitrogens with zero attached hydrogens (tertiary/aromatic N) is 1. The number of carbonyl (C=O) groups is 2. The fraction of sp³-hybridized carbons (Fsp3) is 0.417. The van der Waals surface area contributed by atoms with Crippen molar-refractivity contribution in [3.05, 3.63) is 64.7 Å². The van der Waals surface area contributed by atoms with E-state index in [1.807, 2.05) is 54.3 Å². The van der Waals surface area contributed by atoms with Crippen molar-refractivity contribution in [2.24, 2.45) is 0 Å². The van der Waals surface area contributed by atoms with Gasteiger partial charge in [0.05, 0.1) is 12.0 Å². The molecule has 1 saturated heterocycles. The highest BCUT2D eigenvalue weighted by Crippen LogP contribution is 2.39. The van der Waals surface area contributed by atoms with E-state index >= 15 is 0 Å². The molecule has 4 nitrogen and oxygen atoms in total. The molecule has 28 heavy (non-hydrogen) atoms. The largest absolute Gasteiger partial charge is 0.486 e. The molecule has 1 amide bonds. The maximum absolute atomic E-state index is 12.9. The third kappa shape index (κ3) is 3.44. The highest BCUT2D eigenvalue weighted by Gasteiger charge is 2.43. The zero-order valence-electron chi connectivity index (χ0n) is 16.8. The van der Waals surface area contributed by atoms with E-state index in [0.29, 0.717) is 49.6 Å². The van der Waals surface area contributed by atoms with Crippen molar-refractivity contribution in [3.8, 4) is 5.75 Å². The summed E-state index contributed by atoms with van der Waals surface area (Å²) in [4.78, 5) is 27.4. The van der Waals surface area contributed by atoms with Gasteiger partial charge < -0.3 is 9.64 Å². The molecular formula is C24H27NO3. The first kappa shape index (κ1) is 18.7. The lowest BCUT2D eigenvalue weighted by Crippen LogP contribution is -2.52. The molecule has 0 saturated carbocycles. The number of ketones is 1. The van der Waals surface area contributed by atoms with Gasteiger partial charge >= 0.3 is 0 Å². The van der Waals surface area contributed by atoms with Crippen LogP contribution in [-0.2, 0) is 0 Å². The summed E-state index contributed by atoms with van der Waals surface area (Å²) in [5.41, 5.74) is 3.24. The molecule has 0 atom stereocenters. The van der Waals surface area contributed by atoms with Crippen LogP contribution in [0.15, 0.2) is 42.5 Å². The first-order chi connectivity index (χ1) is 13.4. The molecular weight excluding hydrogens is 350 g/mol. The second-order valence-corrected chi connectivity index (χ2v) is 8.45. The van der Waals surface area contributed by atoms with Crippen molar-refractivity contribution in [2.45, 2.75) is 51.6 Å². The molecule has 2 aromatic rings. The summed E-state index contributed by atoms with van der Waals surface area (Å²) in [6, 6.07) is 13.7. The number of fused-ring (bicyclic) bond motifs is 1. The average Bonchev–Trinajstić information content (AvgIpc) is 2.69. The van der Waals surface area contributed by atoms with Crippen molar-refractivity contribution in [1.82, 2.24) is 4.90 Å². The van der Waals surface area contributed by atoms with Crippen LogP contribution in [0.25, 0.3) is 0 Å². The van der Waals surface area contributed by atoms with Crippen molar-refractivity contribution in [1.29, 1.82) is 0 Å². The van der Waals surface area contributed by atoms with Gasteiger partial charge in [0, 0.05) is 31.5 Å².